The molecule has 2 heteroatoms. The average Bonchev–Trinajstić information content (AvgIpc) is 2.38. The third kappa shape index (κ3) is 2.54. The Morgan fingerprint density at radius 1 is 1.64 bits per heavy atom. The van der Waals surface area contributed by atoms with Gasteiger partial charge in [0.2, 0.25) is 0 Å². The summed E-state index contributed by atoms with van der Waals surface area (Å²) < 4.78 is 10.6. The molecule has 11 heavy (non-hydrogen) atoms. The van der Waals surface area contributed by atoms with E-state index in [2.05, 4.69) is 6.92 Å². The number of ether oxygens (including phenoxy) is 2. The number of hydrogen-bond donors (Lipinski definition) is 0. The van der Waals surface area contributed by atoms with Gasteiger partial charge in [-0.2, -0.15) is 0 Å². The van der Waals surface area contributed by atoms with Crippen LogP contribution in [0, 0.1) is 5.41 Å². The maximum absolute atomic E-state index is 5.31. The highest BCUT2D eigenvalue weighted by molar-refractivity contribution is 4.79. The molecule has 0 spiro atoms. The smallest absolute Gasteiger partial charge is 0.0949 e. The summed E-state index contributed by atoms with van der Waals surface area (Å²) in [6.07, 6.45) is 4.76. The number of hydrogen-bond acceptors (Lipinski definition) is 2. The predicted molar refractivity (Wildman–Crippen MR) is 44.3 cm³/mol. The molecule has 0 aliphatic carbocycles. The van der Waals surface area contributed by atoms with Crippen molar-refractivity contribution in [2.75, 3.05) is 19.8 Å². The van der Waals surface area contributed by atoms with Crippen molar-refractivity contribution in [2.24, 2.45) is 5.41 Å². The Kier molecular flexibility index (Phi) is 2.94. The van der Waals surface area contributed by atoms with Crippen molar-refractivity contribution in [3.8, 4) is 0 Å². The van der Waals surface area contributed by atoms with E-state index >= 15 is 0 Å². The minimum Gasteiger partial charge on any atom is -0.501 e. The molecule has 0 amide bonds. The Balaban J connectivity index is 2.23. The second-order valence-corrected chi connectivity index (χ2v) is 3.39. The summed E-state index contributed by atoms with van der Waals surface area (Å²) in [6, 6.07) is 0. The first-order valence-electron chi connectivity index (χ1n) is 4.07. The van der Waals surface area contributed by atoms with Crippen LogP contribution in [0.15, 0.2) is 12.3 Å². The molecule has 1 rings (SSSR count). The van der Waals surface area contributed by atoms with Gasteiger partial charge in [0.15, 0.2) is 0 Å². The van der Waals surface area contributed by atoms with E-state index in [1.807, 2.05) is 13.0 Å². The molecule has 1 heterocycles. The molecule has 0 N–H and O–H groups in total. The highest BCUT2D eigenvalue weighted by Gasteiger charge is 2.29. The minimum atomic E-state index is 0.250. The summed E-state index contributed by atoms with van der Waals surface area (Å²) in [6.45, 7) is 6.65. The minimum absolute atomic E-state index is 0.250. The standard InChI is InChI=1S/C9H16O2/c1-3-5-10-7-9(2)4-6-11-8-9/h3,5H,4,6-8H2,1-2H3/b5-3+. The van der Waals surface area contributed by atoms with E-state index in [1.165, 1.54) is 0 Å². The quantitative estimate of drug-likeness (QED) is 0.581. The lowest BCUT2D eigenvalue weighted by Gasteiger charge is -2.19. The molecule has 1 aliphatic rings. The monoisotopic (exact) mass is 156 g/mol. The zero-order valence-electron chi connectivity index (χ0n) is 7.30. The summed E-state index contributed by atoms with van der Waals surface area (Å²) in [7, 11) is 0. The van der Waals surface area contributed by atoms with Gasteiger partial charge in [-0.15, -0.1) is 0 Å². The van der Waals surface area contributed by atoms with Gasteiger partial charge in [0, 0.05) is 12.0 Å². The van der Waals surface area contributed by atoms with Gasteiger partial charge in [-0.1, -0.05) is 13.0 Å². The summed E-state index contributed by atoms with van der Waals surface area (Å²) in [4.78, 5) is 0. The fraction of sp³-hybridized carbons (Fsp3) is 0.778. The molecule has 0 aromatic heterocycles. The van der Waals surface area contributed by atoms with E-state index < -0.39 is 0 Å². The second-order valence-electron chi connectivity index (χ2n) is 3.39. The lowest BCUT2D eigenvalue weighted by molar-refractivity contribution is 0.0955. The van der Waals surface area contributed by atoms with Crippen LogP contribution in [-0.4, -0.2) is 19.8 Å². The molecular weight excluding hydrogens is 140 g/mol. The van der Waals surface area contributed by atoms with Crippen LogP contribution in [-0.2, 0) is 9.47 Å². The van der Waals surface area contributed by atoms with Crippen molar-refractivity contribution in [1.29, 1.82) is 0 Å². The highest BCUT2D eigenvalue weighted by atomic mass is 16.5. The van der Waals surface area contributed by atoms with Crippen LogP contribution < -0.4 is 0 Å². The Labute approximate surface area is 68.2 Å². The van der Waals surface area contributed by atoms with E-state index in [0.717, 1.165) is 26.2 Å². The fourth-order valence-corrected chi connectivity index (χ4v) is 1.17. The largest absolute Gasteiger partial charge is 0.501 e. The van der Waals surface area contributed by atoms with E-state index in [9.17, 15) is 0 Å². The van der Waals surface area contributed by atoms with Crippen molar-refractivity contribution < 1.29 is 9.47 Å². The maximum Gasteiger partial charge on any atom is 0.0949 e. The SMILES string of the molecule is C/C=C/OCC1(C)CCOC1. The summed E-state index contributed by atoms with van der Waals surface area (Å²) in [5.41, 5.74) is 0.250. The van der Waals surface area contributed by atoms with Gasteiger partial charge in [0.25, 0.3) is 0 Å². The van der Waals surface area contributed by atoms with Crippen LogP contribution in [0.4, 0.5) is 0 Å². The van der Waals surface area contributed by atoms with Crippen LogP contribution >= 0.6 is 0 Å². The second kappa shape index (κ2) is 3.77. The zero-order chi connectivity index (χ0) is 8.16. The third-order valence-electron chi connectivity index (χ3n) is 1.96. The molecule has 1 saturated heterocycles. The molecule has 0 radical (unpaired) electrons. The zero-order valence-corrected chi connectivity index (χ0v) is 7.30. The number of rotatable bonds is 3. The molecular formula is C9H16O2. The lowest BCUT2D eigenvalue weighted by atomic mass is 9.91. The molecule has 0 saturated carbocycles. The van der Waals surface area contributed by atoms with Crippen molar-refractivity contribution in [3.05, 3.63) is 12.3 Å². The van der Waals surface area contributed by atoms with Crippen LogP contribution in [0.1, 0.15) is 20.3 Å². The Bertz CT molecular complexity index is 134. The summed E-state index contributed by atoms with van der Waals surface area (Å²) in [5.74, 6) is 0. The van der Waals surface area contributed by atoms with Gasteiger partial charge in [-0.25, -0.2) is 0 Å². The van der Waals surface area contributed by atoms with Gasteiger partial charge in [-0.3, -0.25) is 0 Å². The molecule has 1 unspecified atom stereocenters. The molecule has 1 fully saturated rings. The highest BCUT2D eigenvalue weighted by Crippen LogP contribution is 2.27. The first-order chi connectivity index (χ1) is 5.27. The molecule has 0 bridgehead atoms. The van der Waals surface area contributed by atoms with E-state index in [0.29, 0.717) is 0 Å². The van der Waals surface area contributed by atoms with Gasteiger partial charge in [0.1, 0.15) is 0 Å². The maximum atomic E-state index is 5.31. The van der Waals surface area contributed by atoms with Gasteiger partial charge in [-0.05, 0) is 13.3 Å². The molecule has 0 aromatic carbocycles. The normalized spacial score (nSPS) is 31.5. The Hall–Kier alpha value is -0.500. The lowest BCUT2D eigenvalue weighted by Crippen LogP contribution is -2.21. The Morgan fingerprint density at radius 3 is 3.00 bits per heavy atom. The van der Waals surface area contributed by atoms with Crippen molar-refractivity contribution in [2.45, 2.75) is 20.3 Å². The van der Waals surface area contributed by atoms with Gasteiger partial charge < -0.3 is 9.47 Å². The molecule has 64 valence electrons. The van der Waals surface area contributed by atoms with Crippen LogP contribution in [0.2, 0.25) is 0 Å². The average molecular weight is 156 g/mol. The van der Waals surface area contributed by atoms with E-state index in [-0.39, 0.29) is 5.41 Å². The first kappa shape index (κ1) is 8.60. The fourth-order valence-electron chi connectivity index (χ4n) is 1.17. The van der Waals surface area contributed by atoms with Gasteiger partial charge in [0.05, 0.1) is 19.5 Å². The van der Waals surface area contributed by atoms with Crippen molar-refractivity contribution >= 4 is 0 Å². The summed E-state index contributed by atoms with van der Waals surface area (Å²) >= 11 is 0. The van der Waals surface area contributed by atoms with Crippen LogP contribution in [0.3, 0.4) is 0 Å². The van der Waals surface area contributed by atoms with Crippen molar-refractivity contribution in [1.82, 2.24) is 0 Å². The molecule has 1 atom stereocenters. The molecule has 1 aliphatic heterocycles. The number of allylic oxidation sites excluding steroid dienone is 1. The van der Waals surface area contributed by atoms with Gasteiger partial charge >= 0.3 is 0 Å². The van der Waals surface area contributed by atoms with E-state index in [1.54, 1.807) is 6.26 Å². The molecule has 0 aromatic rings. The van der Waals surface area contributed by atoms with Crippen LogP contribution in [0.5, 0.6) is 0 Å². The van der Waals surface area contributed by atoms with E-state index in [4.69, 9.17) is 9.47 Å². The Morgan fingerprint density at radius 2 is 2.45 bits per heavy atom. The third-order valence-corrected chi connectivity index (χ3v) is 1.96. The topological polar surface area (TPSA) is 18.5 Å². The van der Waals surface area contributed by atoms with Crippen LogP contribution in [0.25, 0.3) is 0 Å². The summed E-state index contributed by atoms with van der Waals surface area (Å²) in [5, 5.41) is 0. The molecule has 2 nitrogen and oxygen atoms in total. The first-order valence-corrected chi connectivity index (χ1v) is 4.07. The van der Waals surface area contributed by atoms with Crippen molar-refractivity contribution in [3.63, 3.8) is 0 Å². The predicted octanol–water partition coefficient (Wildman–Crippen LogP) is 1.96.